The molecule has 0 fully saturated rings. The molecule has 1 aromatic heterocycles. The van der Waals surface area contributed by atoms with Crippen LogP contribution in [0, 0.1) is 0 Å². The maximum atomic E-state index is 12.5. The molecule has 3 N–H and O–H groups in total. The highest BCUT2D eigenvalue weighted by Crippen LogP contribution is 2.34. The Balaban J connectivity index is 1.58. The zero-order chi connectivity index (χ0) is 21.2. The third-order valence-electron chi connectivity index (χ3n) is 4.27. The summed E-state index contributed by atoms with van der Waals surface area (Å²) in [5.74, 6) is -0.792. The fraction of sp³-hybridized carbons (Fsp3) is 0.190. The van der Waals surface area contributed by atoms with E-state index in [0.717, 1.165) is 15.6 Å². The molecule has 3 rings (SSSR count). The van der Waals surface area contributed by atoms with Crippen LogP contribution in [0.15, 0.2) is 48.5 Å². The highest BCUT2D eigenvalue weighted by atomic mass is 35.5. The van der Waals surface area contributed by atoms with E-state index in [0.29, 0.717) is 15.5 Å². The van der Waals surface area contributed by atoms with Crippen molar-refractivity contribution in [1.29, 1.82) is 0 Å². The van der Waals surface area contributed by atoms with Crippen LogP contribution in [0.1, 0.15) is 46.4 Å². The zero-order valence-electron chi connectivity index (χ0n) is 16.1. The molecule has 0 aliphatic rings. The highest BCUT2D eigenvalue weighted by Gasteiger charge is 2.18. The number of halogens is 1. The van der Waals surface area contributed by atoms with Gasteiger partial charge in [-0.25, -0.2) is 0 Å². The third kappa shape index (κ3) is 4.93. The van der Waals surface area contributed by atoms with E-state index >= 15 is 0 Å². The van der Waals surface area contributed by atoms with Crippen LogP contribution in [-0.4, -0.2) is 16.9 Å². The first kappa shape index (κ1) is 21.2. The number of hydrogen-bond donors (Lipinski definition) is 3. The van der Waals surface area contributed by atoms with E-state index in [4.69, 9.17) is 23.8 Å². The molecule has 150 valence electrons. The lowest BCUT2D eigenvalue weighted by Gasteiger charge is -2.19. The molecule has 0 unspecified atom stereocenters. The number of fused-ring (bicyclic) bond motifs is 1. The quantitative estimate of drug-likeness (QED) is 0.391. The van der Waals surface area contributed by atoms with Gasteiger partial charge in [-0.05, 0) is 41.4 Å². The van der Waals surface area contributed by atoms with Crippen molar-refractivity contribution in [3.63, 3.8) is 0 Å². The lowest BCUT2D eigenvalue weighted by molar-refractivity contribution is 0.0935. The van der Waals surface area contributed by atoms with Crippen LogP contribution in [0.25, 0.3) is 10.1 Å². The van der Waals surface area contributed by atoms with E-state index < -0.39 is 5.91 Å². The van der Waals surface area contributed by atoms with Gasteiger partial charge in [0, 0.05) is 15.6 Å². The number of rotatable bonds is 2. The van der Waals surface area contributed by atoms with E-state index in [1.807, 2.05) is 36.4 Å². The molecule has 3 aromatic rings. The Kier molecular flexibility index (Phi) is 6.21. The summed E-state index contributed by atoms with van der Waals surface area (Å²) in [6, 6.07) is 14.8. The summed E-state index contributed by atoms with van der Waals surface area (Å²) in [5.41, 5.74) is 6.64. The van der Waals surface area contributed by atoms with Crippen LogP contribution in [0.4, 0.5) is 0 Å². The fourth-order valence-corrected chi connectivity index (χ4v) is 4.21. The fourth-order valence-electron chi connectivity index (χ4n) is 2.66. The lowest BCUT2D eigenvalue weighted by atomic mass is 9.87. The predicted molar refractivity (Wildman–Crippen MR) is 123 cm³/mol. The van der Waals surface area contributed by atoms with Crippen molar-refractivity contribution in [2.24, 2.45) is 0 Å². The molecule has 29 heavy (non-hydrogen) atoms. The van der Waals surface area contributed by atoms with Gasteiger partial charge in [-0.2, -0.15) is 0 Å². The molecule has 0 aliphatic carbocycles. The molecule has 2 aromatic carbocycles. The summed E-state index contributed by atoms with van der Waals surface area (Å²) in [5, 5.41) is 3.70. The highest BCUT2D eigenvalue weighted by molar-refractivity contribution is 7.80. The van der Waals surface area contributed by atoms with E-state index in [9.17, 15) is 9.59 Å². The van der Waals surface area contributed by atoms with Gasteiger partial charge < -0.3 is 0 Å². The molecule has 1 heterocycles. The molecule has 0 saturated carbocycles. The average Bonchev–Trinajstić information content (AvgIpc) is 3.02. The van der Waals surface area contributed by atoms with Gasteiger partial charge in [0.15, 0.2) is 5.11 Å². The maximum Gasteiger partial charge on any atom is 0.269 e. The molecular formula is C21H20ClN3O2S2. The Hall–Kier alpha value is -2.48. The van der Waals surface area contributed by atoms with Crippen molar-refractivity contribution >= 4 is 62.2 Å². The number of hydrazine groups is 1. The van der Waals surface area contributed by atoms with E-state index in [2.05, 4.69) is 36.9 Å². The minimum Gasteiger partial charge on any atom is -0.297 e. The number of nitrogens with one attached hydrogen (secondary N) is 3. The third-order valence-corrected chi connectivity index (χ3v) is 6.15. The van der Waals surface area contributed by atoms with Crippen LogP contribution in [0.3, 0.4) is 0 Å². The first-order valence-electron chi connectivity index (χ1n) is 8.86. The van der Waals surface area contributed by atoms with Crippen molar-refractivity contribution in [2.45, 2.75) is 26.2 Å². The zero-order valence-corrected chi connectivity index (χ0v) is 18.5. The van der Waals surface area contributed by atoms with Gasteiger partial charge in [0.1, 0.15) is 4.88 Å². The lowest BCUT2D eigenvalue weighted by Crippen LogP contribution is -2.48. The Morgan fingerprint density at radius 2 is 1.62 bits per heavy atom. The average molecular weight is 446 g/mol. The maximum absolute atomic E-state index is 12.5. The van der Waals surface area contributed by atoms with Crippen molar-refractivity contribution in [3.8, 4) is 0 Å². The summed E-state index contributed by atoms with van der Waals surface area (Å²) in [6.07, 6.45) is 0. The van der Waals surface area contributed by atoms with Crippen LogP contribution in [0.2, 0.25) is 5.02 Å². The predicted octanol–water partition coefficient (Wildman–Crippen LogP) is 4.80. The van der Waals surface area contributed by atoms with Gasteiger partial charge in [-0.3, -0.25) is 25.8 Å². The van der Waals surface area contributed by atoms with Gasteiger partial charge in [0.25, 0.3) is 11.8 Å². The summed E-state index contributed by atoms with van der Waals surface area (Å²) < 4.78 is 0.911. The van der Waals surface area contributed by atoms with Gasteiger partial charge >= 0.3 is 0 Å². The molecule has 0 saturated heterocycles. The van der Waals surface area contributed by atoms with Gasteiger partial charge in [-0.1, -0.05) is 62.7 Å². The summed E-state index contributed by atoms with van der Waals surface area (Å²) >= 11 is 12.7. The normalized spacial score (nSPS) is 11.2. The van der Waals surface area contributed by atoms with Gasteiger partial charge in [0.2, 0.25) is 0 Å². The summed E-state index contributed by atoms with van der Waals surface area (Å²) in [6.45, 7) is 6.31. The topological polar surface area (TPSA) is 70.2 Å². The monoisotopic (exact) mass is 445 g/mol. The van der Waals surface area contributed by atoms with Crippen LogP contribution in [0.5, 0.6) is 0 Å². The minimum absolute atomic E-state index is 0.00692. The molecule has 0 atom stereocenters. The second-order valence-electron chi connectivity index (χ2n) is 7.43. The number of carbonyl (C=O) groups excluding carboxylic acids is 2. The van der Waals surface area contributed by atoms with Gasteiger partial charge in [0.05, 0.1) is 5.02 Å². The standard InChI is InChI=1S/C21H20ClN3O2S2/c1-21(2,3)13-10-8-12(9-11-13)18(26)24-25-20(28)23-19(27)17-16(22)14-6-4-5-7-15(14)29-17/h4-11H,1-3H3,(H,24,26)(H2,23,25,27,28). The number of thiocarbonyl (C=S) groups is 1. The second-order valence-corrected chi connectivity index (χ2v) is 9.27. The number of benzene rings is 2. The van der Waals surface area contributed by atoms with Crippen LogP contribution >= 0.6 is 35.2 Å². The Morgan fingerprint density at radius 1 is 0.966 bits per heavy atom. The van der Waals surface area contributed by atoms with Crippen LogP contribution in [-0.2, 0) is 5.41 Å². The SMILES string of the molecule is CC(C)(C)c1ccc(C(=O)NNC(=S)NC(=O)c2sc3ccccc3c2Cl)cc1. The second kappa shape index (κ2) is 8.49. The van der Waals surface area contributed by atoms with E-state index in [1.54, 1.807) is 12.1 Å². The van der Waals surface area contributed by atoms with E-state index in [1.165, 1.54) is 11.3 Å². The summed E-state index contributed by atoms with van der Waals surface area (Å²) in [7, 11) is 0. The molecule has 0 aliphatic heterocycles. The van der Waals surface area contributed by atoms with Crippen LogP contribution < -0.4 is 16.2 Å². The number of hydrogen-bond acceptors (Lipinski definition) is 4. The molecule has 5 nitrogen and oxygen atoms in total. The van der Waals surface area contributed by atoms with Crippen molar-refractivity contribution in [3.05, 3.63) is 69.6 Å². The minimum atomic E-state index is -0.433. The molecule has 0 radical (unpaired) electrons. The molecular weight excluding hydrogens is 426 g/mol. The Labute approximate surface area is 183 Å². The molecule has 0 bridgehead atoms. The first-order valence-corrected chi connectivity index (χ1v) is 10.5. The number of carbonyl (C=O) groups is 2. The molecule has 2 amide bonds. The summed E-state index contributed by atoms with van der Waals surface area (Å²) in [4.78, 5) is 25.1. The number of amides is 2. The van der Waals surface area contributed by atoms with Gasteiger partial charge in [-0.15, -0.1) is 11.3 Å². The Morgan fingerprint density at radius 3 is 2.24 bits per heavy atom. The van der Waals surface area contributed by atoms with Crippen molar-refractivity contribution in [1.82, 2.24) is 16.2 Å². The van der Waals surface area contributed by atoms with E-state index in [-0.39, 0.29) is 16.4 Å². The molecule has 8 heteroatoms. The Bertz CT molecular complexity index is 1090. The number of thiophene rings is 1. The largest absolute Gasteiger partial charge is 0.297 e. The van der Waals surface area contributed by atoms with Crippen molar-refractivity contribution < 1.29 is 9.59 Å². The first-order chi connectivity index (χ1) is 13.7. The smallest absolute Gasteiger partial charge is 0.269 e. The molecule has 0 spiro atoms. The van der Waals surface area contributed by atoms with Crippen molar-refractivity contribution in [2.75, 3.05) is 0 Å².